The number of aromatic nitrogens is 1. The number of likely N-dealkylation sites (N-methyl/N-ethyl adjacent to an activating group) is 1. The molecule has 172 valence electrons. The van der Waals surface area contributed by atoms with Gasteiger partial charge in [0.05, 0.1) is 13.2 Å². The van der Waals surface area contributed by atoms with Crippen LogP contribution in [0.1, 0.15) is 18.2 Å². The number of pyridine rings is 1. The monoisotopic (exact) mass is 541 g/mol. The highest BCUT2D eigenvalue weighted by molar-refractivity contribution is 14.0. The van der Waals surface area contributed by atoms with Crippen LogP contribution in [0.5, 0.6) is 5.75 Å². The zero-order valence-corrected chi connectivity index (χ0v) is 21.2. The fourth-order valence-electron chi connectivity index (χ4n) is 2.78. The molecule has 0 saturated carbocycles. The molecule has 0 atom stereocenters. The fraction of sp³-hybridized carbons (Fsp3) is 0.478. The van der Waals surface area contributed by atoms with Gasteiger partial charge in [-0.1, -0.05) is 18.2 Å². The minimum Gasteiger partial charge on any atom is -0.492 e. The molecule has 2 rings (SSSR count). The van der Waals surface area contributed by atoms with Gasteiger partial charge in [0.25, 0.3) is 0 Å². The summed E-state index contributed by atoms with van der Waals surface area (Å²) in [6.45, 7) is 7.37. The maximum Gasteiger partial charge on any atom is 0.191 e. The highest BCUT2D eigenvalue weighted by atomic mass is 127. The van der Waals surface area contributed by atoms with E-state index in [1.807, 2.05) is 36.5 Å². The van der Waals surface area contributed by atoms with E-state index in [0.29, 0.717) is 13.2 Å². The van der Waals surface area contributed by atoms with Crippen molar-refractivity contribution in [3.8, 4) is 5.75 Å². The minimum absolute atomic E-state index is 0. The van der Waals surface area contributed by atoms with E-state index < -0.39 is 0 Å². The Balaban J connectivity index is 0.00000480. The van der Waals surface area contributed by atoms with Gasteiger partial charge < -0.3 is 25.0 Å². The molecule has 2 aromatic rings. The van der Waals surface area contributed by atoms with E-state index in [-0.39, 0.29) is 24.0 Å². The second-order valence-electron chi connectivity index (χ2n) is 6.98. The largest absolute Gasteiger partial charge is 0.492 e. The zero-order chi connectivity index (χ0) is 21.4. The third-order valence-corrected chi connectivity index (χ3v) is 4.48. The van der Waals surface area contributed by atoms with Crippen molar-refractivity contribution in [3.63, 3.8) is 0 Å². The van der Waals surface area contributed by atoms with E-state index in [0.717, 1.165) is 62.2 Å². The van der Waals surface area contributed by atoms with Crippen molar-refractivity contribution < 1.29 is 9.47 Å². The van der Waals surface area contributed by atoms with Gasteiger partial charge in [-0.2, -0.15) is 0 Å². The summed E-state index contributed by atoms with van der Waals surface area (Å²) in [7, 11) is 3.78. The van der Waals surface area contributed by atoms with Crippen LogP contribution < -0.4 is 15.4 Å². The number of halogens is 1. The number of nitrogens with zero attached hydrogens (tertiary/aromatic N) is 3. The zero-order valence-electron chi connectivity index (χ0n) is 18.8. The molecule has 0 aliphatic carbocycles. The molecule has 2 N–H and O–H groups in total. The lowest BCUT2D eigenvalue weighted by Gasteiger charge is -2.16. The van der Waals surface area contributed by atoms with Crippen LogP contribution in [0.25, 0.3) is 0 Å². The minimum atomic E-state index is 0. The smallest absolute Gasteiger partial charge is 0.191 e. The van der Waals surface area contributed by atoms with Crippen molar-refractivity contribution in [2.24, 2.45) is 4.99 Å². The number of guanidine groups is 1. The quantitative estimate of drug-likeness (QED) is 0.231. The third kappa shape index (κ3) is 11.9. The molecule has 7 nitrogen and oxygen atoms in total. The number of ether oxygens (including phenoxy) is 2. The van der Waals surface area contributed by atoms with Gasteiger partial charge >= 0.3 is 0 Å². The van der Waals surface area contributed by atoms with Gasteiger partial charge in [-0.15, -0.1) is 24.0 Å². The Kier molecular flexibility index (Phi) is 14.6. The summed E-state index contributed by atoms with van der Waals surface area (Å²) in [5.74, 6) is 1.68. The van der Waals surface area contributed by atoms with Crippen LogP contribution in [-0.2, 0) is 17.7 Å². The van der Waals surface area contributed by atoms with Gasteiger partial charge in [0.15, 0.2) is 5.96 Å². The Labute approximate surface area is 203 Å². The van der Waals surface area contributed by atoms with E-state index in [1.165, 1.54) is 0 Å². The lowest BCUT2D eigenvalue weighted by molar-refractivity contribution is 0.150. The van der Waals surface area contributed by atoms with Gasteiger partial charge in [-0.3, -0.25) is 4.98 Å². The van der Waals surface area contributed by atoms with E-state index in [9.17, 15) is 0 Å². The van der Waals surface area contributed by atoms with Crippen molar-refractivity contribution in [3.05, 3.63) is 59.9 Å². The summed E-state index contributed by atoms with van der Waals surface area (Å²) in [5, 5.41) is 6.66. The fourth-order valence-corrected chi connectivity index (χ4v) is 2.78. The molecule has 0 aliphatic rings. The number of methoxy groups -OCH3 is 1. The number of hydrogen-bond acceptors (Lipinski definition) is 5. The first-order valence-corrected chi connectivity index (χ1v) is 10.5. The predicted molar refractivity (Wildman–Crippen MR) is 137 cm³/mol. The number of rotatable bonds is 13. The average molecular weight is 541 g/mol. The molecular weight excluding hydrogens is 505 g/mol. The summed E-state index contributed by atoms with van der Waals surface area (Å²) in [6.07, 6.45) is 2.68. The molecule has 0 unspecified atom stereocenters. The van der Waals surface area contributed by atoms with Crippen molar-refractivity contribution in [2.45, 2.75) is 19.9 Å². The topological polar surface area (TPSA) is 71.0 Å². The highest BCUT2D eigenvalue weighted by Crippen LogP contribution is 2.14. The van der Waals surface area contributed by atoms with Crippen molar-refractivity contribution in [1.82, 2.24) is 20.5 Å². The first kappa shape index (κ1) is 27.1. The molecule has 1 aromatic heterocycles. The van der Waals surface area contributed by atoms with Gasteiger partial charge in [0.2, 0.25) is 0 Å². The molecule has 1 heterocycles. The van der Waals surface area contributed by atoms with Crippen LogP contribution in [0.15, 0.2) is 53.7 Å². The number of hydrogen-bond donors (Lipinski definition) is 2. The van der Waals surface area contributed by atoms with Crippen LogP contribution >= 0.6 is 24.0 Å². The molecule has 1 aromatic carbocycles. The Morgan fingerprint density at radius 3 is 2.68 bits per heavy atom. The number of aliphatic imine (C=N–C) groups is 1. The standard InChI is InChI=1S/C23H35N5O2.HI/c1-4-24-23(26-13-11-21-9-5-6-12-25-21)27-19-20-8-7-10-22(18-20)30-17-15-28(2)14-16-29-3;/h5-10,12,18H,4,11,13-17,19H2,1-3H3,(H2,24,26,27);1H. The lowest BCUT2D eigenvalue weighted by atomic mass is 10.2. The summed E-state index contributed by atoms with van der Waals surface area (Å²) < 4.78 is 11.0. The van der Waals surface area contributed by atoms with E-state index in [1.54, 1.807) is 7.11 Å². The number of nitrogens with one attached hydrogen (secondary N) is 2. The van der Waals surface area contributed by atoms with Gasteiger partial charge in [-0.05, 0) is 43.8 Å². The second kappa shape index (κ2) is 16.7. The lowest BCUT2D eigenvalue weighted by Crippen LogP contribution is -2.38. The van der Waals surface area contributed by atoms with Crippen LogP contribution in [0.2, 0.25) is 0 Å². The first-order valence-electron chi connectivity index (χ1n) is 10.5. The molecule has 0 amide bonds. The van der Waals surface area contributed by atoms with Gasteiger partial charge in [0.1, 0.15) is 12.4 Å². The molecular formula is C23H36IN5O2. The number of benzene rings is 1. The maximum atomic E-state index is 5.90. The van der Waals surface area contributed by atoms with E-state index in [4.69, 9.17) is 14.5 Å². The summed E-state index contributed by atoms with van der Waals surface area (Å²) in [4.78, 5) is 11.2. The summed E-state index contributed by atoms with van der Waals surface area (Å²) >= 11 is 0. The first-order chi connectivity index (χ1) is 14.7. The van der Waals surface area contributed by atoms with Gasteiger partial charge in [-0.25, -0.2) is 4.99 Å². The second-order valence-corrected chi connectivity index (χ2v) is 6.98. The molecule has 31 heavy (non-hydrogen) atoms. The molecule has 0 saturated heterocycles. The Hall–Kier alpha value is -1.91. The van der Waals surface area contributed by atoms with Crippen molar-refractivity contribution in [2.75, 3.05) is 53.6 Å². The van der Waals surface area contributed by atoms with E-state index >= 15 is 0 Å². The van der Waals surface area contributed by atoms with Crippen LogP contribution in [0.3, 0.4) is 0 Å². The molecule has 0 aliphatic heterocycles. The molecule has 0 bridgehead atoms. The summed E-state index contributed by atoms with van der Waals surface area (Å²) in [6, 6.07) is 14.1. The molecule has 0 fully saturated rings. The summed E-state index contributed by atoms with van der Waals surface area (Å²) in [5.41, 5.74) is 2.18. The predicted octanol–water partition coefficient (Wildman–Crippen LogP) is 2.95. The third-order valence-electron chi connectivity index (χ3n) is 4.48. The van der Waals surface area contributed by atoms with Crippen molar-refractivity contribution >= 4 is 29.9 Å². The van der Waals surface area contributed by atoms with Crippen LogP contribution in [0, 0.1) is 0 Å². The SMILES string of the molecule is CCNC(=NCc1cccc(OCCN(C)CCOC)c1)NCCc1ccccn1.I. The molecule has 8 heteroatoms. The van der Waals surface area contributed by atoms with Crippen molar-refractivity contribution in [1.29, 1.82) is 0 Å². The molecule has 0 radical (unpaired) electrons. The molecule has 0 spiro atoms. The Bertz CT molecular complexity index is 746. The Morgan fingerprint density at radius 1 is 1.10 bits per heavy atom. The maximum absolute atomic E-state index is 5.90. The van der Waals surface area contributed by atoms with Gasteiger partial charge in [0, 0.05) is 51.6 Å². The van der Waals surface area contributed by atoms with Crippen LogP contribution in [-0.4, -0.2) is 69.4 Å². The normalized spacial score (nSPS) is 11.2. The highest BCUT2D eigenvalue weighted by Gasteiger charge is 2.02. The average Bonchev–Trinajstić information content (AvgIpc) is 2.77. The van der Waals surface area contributed by atoms with Crippen LogP contribution in [0.4, 0.5) is 0 Å². The Morgan fingerprint density at radius 2 is 1.94 bits per heavy atom. The van der Waals surface area contributed by atoms with E-state index in [2.05, 4.69) is 46.6 Å².